The first-order chi connectivity index (χ1) is 15.4. The predicted molar refractivity (Wildman–Crippen MR) is 105 cm³/mol. The summed E-state index contributed by atoms with van der Waals surface area (Å²) in [5, 5.41) is 8.18. The molecule has 0 N–H and O–H groups in total. The monoisotopic (exact) mass is 444 g/mol. The third-order valence-electron chi connectivity index (χ3n) is 5.89. The van der Waals surface area contributed by atoms with E-state index in [4.69, 9.17) is 4.74 Å². The Morgan fingerprint density at radius 3 is 2.66 bits per heavy atom. The molecule has 1 aliphatic heterocycles. The van der Waals surface area contributed by atoms with Gasteiger partial charge < -0.3 is 9.64 Å². The molecule has 2 aliphatic rings. The number of fused-ring (bicyclic) bond motifs is 1. The molecule has 8 nitrogen and oxygen atoms in total. The second-order valence-corrected chi connectivity index (χ2v) is 7.98. The van der Waals surface area contributed by atoms with E-state index < -0.39 is 11.7 Å². The van der Waals surface area contributed by atoms with Gasteiger partial charge in [0.15, 0.2) is 5.69 Å². The van der Waals surface area contributed by atoms with Gasteiger partial charge in [-0.15, -0.1) is 4.80 Å². The highest BCUT2D eigenvalue weighted by Crippen LogP contribution is 2.47. The summed E-state index contributed by atoms with van der Waals surface area (Å²) in [4.78, 5) is 24.7. The summed E-state index contributed by atoms with van der Waals surface area (Å²) in [5.41, 5.74) is -0.157. The largest absolute Gasteiger partial charge is 0.475 e. The molecular weight excluding hydrogens is 425 g/mol. The molecule has 0 unspecified atom stereocenters. The van der Waals surface area contributed by atoms with Crippen molar-refractivity contribution >= 4 is 5.91 Å². The van der Waals surface area contributed by atoms with Gasteiger partial charge in [-0.25, -0.2) is 9.97 Å². The number of carbonyl (C=O) groups excluding carboxylic acids is 1. The van der Waals surface area contributed by atoms with Crippen LogP contribution in [0.15, 0.2) is 49.1 Å². The van der Waals surface area contributed by atoms with Gasteiger partial charge in [0, 0.05) is 25.0 Å². The molecule has 1 saturated heterocycles. The zero-order chi connectivity index (χ0) is 22.3. The van der Waals surface area contributed by atoms with Crippen LogP contribution in [0.3, 0.4) is 0 Å². The number of nitrogens with zero attached hydrogens (tertiary/aromatic N) is 6. The molecule has 0 aromatic carbocycles. The molecule has 1 amide bonds. The summed E-state index contributed by atoms with van der Waals surface area (Å²) in [6, 6.07) is 4.87. The Bertz CT molecular complexity index is 1120. The summed E-state index contributed by atoms with van der Waals surface area (Å²) in [5.74, 6) is 0.522. The van der Waals surface area contributed by atoms with Gasteiger partial charge in [0.1, 0.15) is 12.3 Å². The van der Waals surface area contributed by atoms with Crippen LogP contribution in [0.4, 0.5) is 13.2 Å². The number of hydrogen-bond donors (Lipinski definition) is 0. The van der Waals surface area contributed by atoms with Crippen LogP contribution in [0, 0.1) is 11.8 Å². The van der Waals surface area contributed by atoms with Gasteiger partial charge in [-0.3, -0.25) is 4.79 Å². The van der Waals surface area contributed by atoms with Gasteiger partial charge in [0.2, 0.25) is 5.88 Å². The second-order valence-electron chi connectivity index (χ2n) is 7.98. The molecule has 3 aromatic heterocycles. The quantitative estimate of drug-likeness (QED) is 0.602. The fourth-order valence-electron chi connectivity index (χ4n) is 4.15. The summed E-state index contributed by atoms with van der Waals surface area (Å²) in [7, 11) is 0. The zero-order valence-electron chi connectivity index (χ0n) is 16.8. The minimum Gasteiger partial charge on any atom is -0.475 e. The average Bonchev–Trinajstić information content (AvgIpc) is 3.33. The van der Waals surface area contributed by atoms with Crippen LogP contribution in [0.1, 0.15) is 28.9 Å². The highest BCUT2D eigenvalue weighted by Gasteiger charge is 2.48. The van der Waals surface area contributed by atoms with Crippen LogP contribution in [0.2, 0.25) is 0 Å². The van der Waals surface area contributed by atoms with Crippen molar-refractivity contribution in [1.29, 1.82) is 0 Å². The van der Waals surface area contributed by atoms with Crippen LogP contribution in [0.5, 0.6) is 5.88 Å². The topological polar surface area (TPSA) is 86.0 Å². The van der Waals surface area contributed by atoms with Gasteiger partial charge in [-0.2, -0.15) is 23.4 Å². The molecule has 2 fully saturated rings. The maximum Gasteiger partial charge on any atom is 0.416 e. The highest BCUT2D eigenvalue weighted by atomic mass is 19.4. The van der Waals surface area contributed by atoms with Gasteiger partial charge in [0.25, 0.3) is 5.91 Å². The molecule has 166 valence electrons. The van der Waals surface area contributed by atoms with Gasteiger partial charge in [-0.05, 0) is 42.9 Å². The van der Waals surface area contributed by atoms with E-state index in [1.807, 2.05) is 0 Å². The van der Waals surface area contributed by atoms with Crippen LogP contribution in [-0.2, 0) is 6.18 Å². The van der Waals surface area contributed by atoms with Crippen molar-refractivity contribution < 1.29 is 22.7 Å². The van der Waals surface area contributed by atoms with Crippen molar-refractivity contribution in [2.24, 2.45) is 11.8 Å². The molecule has 0 spiro atoms. The lowest BCUT2D eigenvalue weighted by Crippen LogP contribution is -2.48. The number of piperidine rings is 1. The van der Waals surface area contributed by atoms with Gasteiger partial charge in [0.05, 0.1) is 24.0 Å². The molecule has 3 aromatic rings. The Kier molecular flexibility index (Phi) is 5.03. The van der Waals surface area contributed by atoms with Crippen LogP contribution in [-0.4, -0.2) is 55.0 Å². The van der Waals surface area contributed by atoms with E-state index in [0.29, 0.717) is 24.1 Å². The first-order valence-corrected chi connectivity index (χ1v) is 10.2. The van der Waals surface area contributed by atoms with Crippen molar-refractivity contribution in [2.45, 2.75) is 25.1 Å². The maximum absolute atomic E-state index is 13.5. The Hall–Kier alpha value is -3.50. The smallest absolute Gasteiger partial charge is 0.416 e. The molecule has 1 aliphatic carbocycles. The molecule has 3 atom stereocenters. The Morgan fingerprint density at radius 2 is 1.88 bits per heavy atom. The summed E-state index contributed by atoms with van der Waals surface area (Å²) >= 11 is 0. The summed E-state index contributed by atoms with van der Waals surface area (Å²) < 4.78 is 44.5. The standard InChI is InChI=1S/C21H19F3N6O2/c22-21(23,24)15-3-5-25-18(10-15)32-12-16-9-13-8-14(13)11-29(16)20(31)19-17(2-1-4-26-19)30-27-6-7-28-30/h1-7,10,13-14,16H,8-9,11-12H2/t13-,14+,16-/m0/s1. The number of alkyl halides is 3. The van der Waals surface area contributed by atoms with Crippen molar-refractivity contribution in [3.05, 3.63) is 60.3 Å². The molecule has 1 saturated carbocycles. The number of ether oxygens (including phenoxy) is 1. The van der Waals surface area contributed by atoms with Crippen molar-refractivity contribution in [1.82, 2.24) is 29.9 Å². The van der Waals surface area contributed by atoms with Crippen LogP contribution in [0.25, 0.3) is 5.69 Å². The first kappa shape index (κ1) is 20.4. The van der Waals surface area contributed by atoms with E-state index in [0.717, 1.165) is 31.2 Å². The molecule has 0 bridgehead atoms. The molecule has 4 heterocycles. The summed E-state index contributed by atoms with van der Waals surface area (Å²) in [6.07, 6.45) is 2.88. The van der Waals surface area contributed by atoms with Crippen molar-refractivity contribution in [3.63, 3.8) is 0 Å². The van der Waals surface area contributed by atoms with Gasteiger partial charge >= 0.3 is 6.18 Å². The SMILES string of the molecule is O=C(c1ncccc1-n1nccn1)N1C[C@H]2C[C@H]2C[C@H]1COc1cc(C(F)(F)F)ccn1. The minimum atomic E-state index is -4.48. The van der Waals surface area contributed by atoms with E-state index in [1.165, 1.54) is 23.4 Å². The van der Waals surface area contributed by atoms with E-state index in [1.54, 1.807) is 17.0 Å². The predicted octanol–water partition coefficient (Wildman–Crippen LogP) is 3.01. The summed E-state index contributed by atoms with van der Waals surface area (Å²) in [6.45, 7) is 0.599. The highest BCUT2D eigenvalue weighted by molar-refractivity contribution is 5.96. The molecule has 0 radical (unpaired) electrons. The fourth-order valence-corrected chi connectivity index (χ4v) is 4.15. The van der Waals surface area contributed by atoms with Crippen LogP contribution >= 0.6 is 0 Å². The number of amides is 1. The number of likely N-dealkylation sites (tertiary alicyclic amines) is 1. The molecule has 11 heteroatoms. The number of aromatic nitrogens is 5. The van der Waals surface area contributed by atoms with Gasteiger partial charge in [-0.1, -0.05) is 0 Å². The first-order valence-electron chi connectivity index (χ1n) is 10.2. The Labute approximate surface area is 181 Å². The Morgan fingerprint density at radius 1 is 1.06 bits per heavy atom. The fraction of sp³-hybridized carbons (Fsp3) is 0.381. The van der Waals surface area contributed by atoms with Crippen molar-refractivity contribution in [3.8, 4) is 11.6 Å². The third-order valence-corrected chi connectivity index (χ3v) is 5.89. The Balaban J connectivity index is 1.36. The van der Waals surface area contributed by atoms with E-state index in [2.05, 4.69) is 20.2 Å². The number of carbonyl (C=O) groups is 1. The minimum absolute atomic E-state index is 0.0471. The average molecular weight is 444 g/mol. The number of rotatable bonds is 5. The second kappa shape index (κ2) is 7.88. The lowest BCUT2D eigenvalue weighted by molar-refractivity contribution is -0.137. The number of pyridine rings is 2. The molecular formula is C21H19F3N6O2. The van der Waals surface area contributed by atoms with E-state index in [9.17, 15) is 18.0 Å². The third kappa shape index (κ3) is 4.02. The number of halogens is 3. The normalized spacial score (nSPS) is 22.3. The van der Waals surface area contributed by atoms with Crippen LogP contribution < -0.4 is 4.74 Å². The molecule has 5 rings (SSSR count). The van der Waals surface area contributed by atoms with E-state index >= 15 is 0 Å². The lowest BCUT2D eigenvalue weighted by atomic mass is 10.0. The number of hydrogen-bond acceptors (Lipinski definition) is 6. The maximum atomic E-state index is 13.5. The zero-order valence-corrected chi connectivity index (χ0v) is 16.8. The lowest BCUT2D eigenvalue weighted by Gasteiger charge is -2.35. The molecule has 32 heavy (non-hydrogen) atoms. The van der Waals surface area contributed by atoms with Crippen molar-refractivity contribution in [2.75, 3.05) is 13.2 Å². The van der Waals surface area contributed by atoms with E-state index in [-0.39, 0.29) is 30.1 Å².